The van der Waals surface area contributed by atoms with Crippen molar-refractivity contribution in [1.29, 1.82) is 0 Å². The Balaban J connectivity index is 1.20. The molecule has 0 aliphatic heterocycles. The summed E-state index contributed by atoms with van der Waals surface area (Å²) >= 11 is 0. The fourth-order valence-corrected chi connectivity index (χ4v) is 14.6. The Morgan fingerprint density at radius 3 is 2.33 bits per heavy atom. The summed E-state index contributed by atoms with van der Waals surface area (Å²) < 4.78 is 12.9. The van der Waals surface area contributed by atoms with E-state index < -0.39 is 11.4 Å². The minimum atomic E-state index is -0.867. The summed E-state index contributed by atoms with van der Waals surface area (Å²) in [5.41, 5.74) is 1.87. The van der Waals surface area contributed by atoms with Crippen LogP contribution in [0.25, 0.3) is 0 Å². The van der Waals surface area contributed by atoms with Crippen molar-refractivity contribution in [2.24, 2.45) is 62.1 Å². The number of carboxylic acid groups (broad SMARTS) is 1. The Morgan fingerprint density at radius 2 is 1.61 bits per heavy atom. The van der Waals surface area contributed by atoms with Crippen molar-refractivity contribution in [1.82, 2.24) is 0 Å². The maximum atomic E-state index is 13.2. The van der Waals surface area contributed by atoms with E-state index >= 15 is 0 Å². The normalized spacial score (nSPS) is 43.1. The third-order valence-corrected chi connectivity index (χ3v) is 17.3. The molecule has 6 aliphatic carbocycles. The lowest BCUT2D eigenvalue weighted by Crippen LogP contribution is -2.66. The average Bonchev–Trinajstić information content (AvgIpc) is 3.39. The van der Waals surface area contributed by atoms with Crippen LogP contribution in [0.2, 0.25) is 0 Å². The molecule has 5 nitrogen and oxygen atoms in total. The van der Waals surface area contributed by atoms with Gasteiger partial charge >= 0.3 is 11.9 Å². The first-order valence-electron chi connectivity index (χ1n) is 21.3. The standard InChI is InChI=1S/C46H74O5/c1-31(2)33-19-24-46(27-28-50-32-15-13-11-10-12-14-16-32)26-25-44(8)34(40(33)46)17-18-36-43(7)22-21-37(42(5,6)35(43)20-23-45(36,44)9)51-39(49)30-41(3,4)29-38(47)48/h15,33-37,40H,1,10-14,16-30H2,2-9H3,(H,47,48)/b32-15+/t33?,34-,35+,36-,37+,40-,43+,44-,45-,46-/m1/s1. The number of hydrogen-bond donors (Lipinski definition) is 1. The van der Waals surface area contributed by atoms with Gasteiger partial charge in [0.05, 0.1) is 25.2 Å². The Morgan fingerprint density at radius 1 is 0.863 bits per heavy atom. The zero-order chi connectivity index (χ0) is 37.0. The maximum Gasteiger partial charge on any atom is 0.306 e. The summed E-state index contributed by atoms with van der Waals surface area (Å²) in [4.78, 5) is 24.6. The van der Waals surface area contributed by atoms with Crippen LogP contribution in [0.4, 0.5) is 0 Å². The van der Waals surface area contributed by atoms with E-state index in [4.69, 9.17) is 9.47 Å². The van der Waals surface area contributed by atoms with Crippen LogP contribution in [0.5, 0.6) is 0 Å². The van der Waals surface area contributed by atoms with E-state index in [1.807, 2.05) is 13.8 Å². The zero-order valence-corrected chi connectivity index (χ0v) is 34.0. The predicted molar refractivity (Wildman–Crippen MR) is 206 cm³/mol. The monoisotopic (exact) mass is 707 g/mol. The van der Waals surface area contributed by atoms with E-state index in [1.54, 1.807) is 0 Å². The summed E-state index contributed by atoms with van der Waals surface area (Å²) in [6.07, 6.45) is 23.6. The second-order valence-corrected chi connectivity index (χ2v) is 21.0. The Hall–Kier alpha value is -1.78. The molecule has 5 saturated carbocycles. The number of esters is 1. The summed E-state index contributed by atoms with van der Waals surface area (Å²) in [7, 11) is 0. The highest BCUT2D eigenvalue weighted by Gasteiger charge is 2.71. The molecule has 1 N–H and O–H groups in total. The van der Waals surface area contributed by atoms with Gasteiger partial charge in [-0.3, -0.25) is 9.59 Å². The average molecular weight is 707 g/mol. The first kappa shape index (κ1) is 38.9. The third kappa shape index (κ3) is 6.90. The molecule has 0 heterocycles. The molecule has 51 heavy (non-hydrogen) atoms. The molecular formula is C46H74O5. The van der Waals surface area contributed by atoms with Crippen LogP contribution >= 0.6 is 0 Å². The van der Waals surface area contributed by atoms with E-state index in [2.05, 4.69) is 54.2 Å². The molecule has 0 aromatic heterocycles. The van der Waals surface area contributed by atoms with E-state index in [-0.39, 0.29) is 41.2 Å². The smallest absolute Gasteiger partial charge is 0.306 e. The van der Waals surface area contributed by atoms with Gasteiger partial charge in [0.15, 0.2) is 0 Å². The van der Waals surface area contributed by atoms with E-state index in [0.717, 1.165) is 31.8 Å². The van der Waals surface area contributed by atoms with Gasteiger partial charge in [0.2, 0.25) is 0 Å². The molecule has 288 valence electrons. The molecule has 0 aromatic rings. The molecule has 0 aromatic carbocycles. The van der Waals surface area contributed by atoms with E-state index in [0.29, 0.717) is 34.5 Å². The highest BCUT2D eigenvalue weighted by atomic mass is 16.5. The number of allylic oxidation sites excluding steroid dienone is 3. The van der Waals surface area contributed by atoms with Crippen LogP contribution < -0.4 is 0 Å². The van der Waals surface area contributed by atoms with Crippen molar-refractivity contribution in [3.8, 4) is 0 Å². The number of rotatable bonds is 10. The Bertz CT molecular complexity index is 1360. The molecule has 5 fully saturated rings. The third-order valence-electron chi connectivity index (χ3n) is 17.3. The lowest BCUT2D eigenvalue weighted by atomic mass is 9.32. The van der Waals surface area contributed by atoms with Crippen molar-refractivity contribution in [3.05, 3.63) is 24.0 Å². The van der Waals surface area contributed by atoms with Gasteiger partial charge in [-0.1, -0.05) is 73.5 Å². The highest BCUT2D eigenvalue weighted by Crippen LogP contribution is 2.78. The first-order valence-corrected chi connectivity index (χ1v) is 21.3. The van der Waals surface area contributed by atoms with Crippen LogP contribution in [0.3, 0.4) is 0 Å². The summed E-state index contributed by atoms with van der Waals surface area (Å²) in [6, 6.07) is 0. The Kier molecular flexibility index (Phi) is 10.8. The molecule has 10 atom stereocenters. The van der Waals surface area contributed by atoms with Gasteiger partial charge in [-0.05, 0) is 160 Å². The zero-order valence-electron chi connectivity index (χ0n) is 34.0. The number of hydrogen-bond acceptors (Lipinski definition) is 4. The minimum absolute atomic E-state index is 0.0297. The molecular weight excluding hydrogens is 633 g/mol. The maximum absolute atomic E-state index is 13.2. The van der Waals surface area contributed by atoms with E-state index in [9.17, 15) is 14.7 Å². The van der Waals surface area contributed by atoms with Gasteiger partial charge in [0.25, 0.3) is 0 Å². The van der Waals surface area contributed by atoms with Crippen LogP contribution in [-0.2, 0) is 19.1 Å². The van der Waals surface area contributed by atoms with Gasteiger partial charge in [0, 0.05) is 11.8 Å². The largest absolute Gasteiger partial charge is 0.498 e. The number of fused-ring (bicyclic) bond motifs is 7. The lowest BCUT2D eigenvalue weighted by Gasteiger charge is -2.73. The van der Waals surface area contributed by atoms with Gasteiger partial charge in [-0.25, -0.2) is 0 Å². The van der Waals surface area contributed by atoms with Gasteiger partial charge < -0.3 is 14.6 Å². The fourth-order valence-electron chi connectivity index (χ4n) is 14.6. The van der Waals surface area contributed by atoms with Gasteiger partial charge in [-0.2, -0.15) is 0 Å². The molecule has 1 unspecified atom stereocenters. The quantitative estimate of drug-likeness (QED) is 0.181. The van der Waals surface area contributed by atoms with Crippen molar-refractivity contribution in [2.45, 2.75) is 183 Å². The molecule has 0 amide bonds. The predicted octanol–water partition coefficient (Wildman–Crippen LogP) is 12.1. The lowest BCUT2D eigenvalue weighted by molar-refractivity contribution is -0.251. The van der Waals surface area contributed by atoms with E-state index in [1.165, 1.54) is 101 Å². The summed E-state index contributed by atoms with van der Waals surface area (Å²) in [5, 5.41) is 9.36. The highest BCUT2D eigenvalue weighted by molar-refractivity contribution is 5.73. The molecule has 0 radical (unpaired) electrons. The van der Waals surface area contributed by atoms with Crippen molar-refractivity contribution < 1.29 is 24.2 Å². The molecule has 5 heteroatoms. The SMILES string of the molecule is C=C(C)C1CC[C@]2(CCO/C3=C/CCCCCC3)CC[C@]3(C)[C@H](CC[C@@H]4[C@@]5(C)CC[C@H](OC(=O)CC(C)(C)CC(=O)O)C(C)(C)[C@@H]5CC[C@]43C)[C@@H]12. The number of ether oxygens (including phenoxy) is 2. The topological polar surface area (TPSA) is 72.8 Å². The van der Waals surface area contributed by atoms with Crippen molar-refractivity contribution in [3.63, 3.8) is 0 Å². The van der Waals surface area contributed by atoms with Crippen LogP contribution in [0.1, 0.15) is 177 Å². The van der Waals surface area contributed by atoms with Crippen LogP contribution in [0.15, 0.2) is 24.0 Å². The van der Waals surface area contributed by atoms with Gasteiger partial charge in [0.1, 0.15) is 6.10 Å². The van der Waals surface area contributed by atoms with Crippen molar-refractivity contribution in [2.75, 3.05) is 6.61 Å². The molecule has 0 bridgehead atoms. The number of carboxylic acids is 1. The van der Waals surface area contributed by atoms with Crippen LogP contribution in [0, 0.1) is 62.1 Å². The number of carbonyl (C=O) groups is 2. The second-order valence-electron chi connectivity index (χ2n) is 21.0. The van der Waals surface area contributed by atoms with Crippen molar-refractivity contribution >= 4 is 11.9 Å². The second kappa shape index (κ2) is 14.1. The minimum Gasteiger partial charge on any atom is -0.498 e. The number of aliphatic carboxylic acids is 1. The Labute approximate surface area is 311 Å². The molecule has 6 aliphatic rings. The van der Waals surface area contributed by atoms with Crippen LogP contribution in [-0.4, -0.2) is 29.8 Å². The molecule has 0 saturated heterocycles. The first-order chi connectivity index (χ1) is 23.9. The number of carbonyl (C=O) groups excluding carboxylic acids is 1. The molecule has 6 rings (SSSR count). The summed E-state index contributed by atoms with van der Waals surface area (Å²) in [5.74, 6) is 3.41. The molecule has 0 spiro atoms. The van der Waals surface area contributed by atoms with Gasteiger partial charge in [-0.15, -0.1) is 0 Å². The summed E-state index contributed by atoms with van der Waals surface area (Å²) in [6.45, 7) is 24.4. The fraction of sp³-hybridized carbons (Fsp3) is 0.870.